The maximum absolute atomic E-state index is 11.1. The molecular formula is C18H17ClN4O. The summed E-state index contributed by atoms with van der Waals surface area (Å²) in [6.45, 7) is 3.99. The number of carbonyl (C=O) groups is 1. The van der Waals surface area contributed by atoms with E-state index in [-0.39, 0.29) is 5.91 Å². The number of carbonyl (C=O) groups excluding carboxylic acids is 1. The van der Waals surface area contributed by atoms with E-state index in [0.29, 0.717) is 0 Å². The molecule has 2 aromatic carbocycles. The number of aromatic nitrogens is 2. The first-order valence-corrected chi connectivity index (χ1v) is 8.26. The molecule has 1 aromatic heterocycles. The van der Waals surface area contributed by atoms with E-state index in [1.165, 1.54) is 6.92 Å². The Bertz CT molecular complexity index is 917. The molecule has 0 atom stereocenters. The van der Waals surface area contributed by atoms with Crippen molar-refractivity contribution < 1.29 is 4.79 Å². The summed E-state index contributed by atoms with van der Waals surface area (Å²) in [5.41, 5.74) is 3.89. The maximum Gasteiger partial charge on any atom is 0.221 e. The van der Waals surface area contributed by atoms with Gasteiger partial charge in [0.25, 0.3) is 0 Å². The van der Waals surface area contributed by atoms with E-state index in [1.54, 1.807) is 0 Å². The molecule has 0 bridgehead atoms. The van der Waals surface area contributed by atoms with Gasteiger partial charge >= 0.3 is 0 Å². The third kappa shape index (κ3) is 2.61. The summed E-state index contributed by atoms with van der Waals surface area (Å²) in [5.74, 6) is 0.960. The Morgan fingerprint density at radius 2 is 1.96 bits per heavy atom. The Morgan fingerprint density at radius 3 is 2.71 bits per heavy atom. The number of nitrogens with one attached hydrogen (secondary N) is 1. The summed E-state index contributed by atoms with van der Waals surface area (Å²) in [7, 11) is 0. The van der Waals surface area contributed by atoms with E-state index in [0.717, 1.165) is 52.9 Å². The molecule has 6 heteroatoms. The van der Waals surface area contributed by atoms with Crippen LogP contribution >= 0.6 is 11.6 Å². The molecule has 4 rings (SSSR count). The van der Waals surface area contributed by atoms with E-state index in [9.17, 15) is 4.79 Å². The molecule has 2 heterocycles. The summed E-state index contributed by atoms with van der Waals surface area (Å²) in [6.07, 6.45) is 0. The normalized spacial score (nSPS) is 13.8. The minimum absolute atomic E-state index is 0.0636. The number of benzene rings is 2. The van der Waals surface area contributed by atoms with E-state index >= 15 is 0 Å². The fourth-order valence-electron chi connectivity index (χ4n) is 3.20. The lowest BCUT2D eigenvalue weighted by Crippen LogP contribution is -2.33. The largest absolute Gasteiger partial charge is 0.362 e. The second-order valence-electron chi connectivity index (χ2n) is 5.94. The van der Waals surface area contributed by atoms with Crippen LogP contribution in [0.5, 0.6) is 0 Å². The van der Waals surface area contributed by atoms with Gasteiger partial charge in [-0.3, -0.25) is 4.79 Å². The molecule has 1 aliphatic heterocycles. The van der Waals surface area contributed by atoms with Crippen molar-refractivity contribution in [3.63, 3.8) is 0 Å². The summed E-state index contributed by atoms with van der Waals surface area (Å²) >= 11 is 6.34. The topological polar surface area (TPSA) is 50.2 Å². The Morgan fingerprint density at radius 1 is 1.17 bits per heavy atom. The van der Waals surface area contributed by atoms with Gasteiger partial charge in [0, 0.05) is 31.4 Å². The van der Waals surface area contributed by atoms with Crippen LogP contribution in [0.1, 0.15) is 12.7 Å². The molecule has 24 heavy (non-hydrogen) atoms. The third-order valence-corrected chi connectivity index (χ3v) is 4.58. The Labute approximate surface area is 144 Å². The highest BCUT2D eigenvalue weighted by atomic mass is 35.5. The lowest BCUT2D eigenvalue weighted by Gasteiger charge is -2.30. The molecule has 0 saturated heterocycles. The van der Waals surface area contributed by atoms with Crippen LogP contribution in [-0.4, -0.2) is 22.0 Å². The van der Waals surface area contributed by atoms with Crippen LogP contribution in [0.4, 0.5) is 11.4 Å². The molecule has 5 nitrogen and oxygen atoms in total. The van der Waals surface area contributed by atoms with Gasteiger partial charge in [-0.05, 0) is 36.4 Å². The van der Waals surface area contributed by atoms with Crippen LogP contribution in [0.25, 0.3) is 11.0 Å². The first-order valence-electron chi connectivity index (χ1n) is 7.88. The number of halogens is 1. The van der Waals surface area contributed by atoms with E-state index in [4.69, 9.17) is 16.6 Å². The smallest absolute Gasteiger partial charge is 0.221 e. The van der Waals surface area contributed by atoms with Crippen LogP contribution in [0, 0.1) is 0 Å². The fraction of sp³-hybridized carbons (Fsp3) is 0.222. The summed E-state index contributed by atoms with van der Waals surface area (Å²) < 4.78 is 2.21. The minimum Gasteiger partial charge on any atom is -0.362 e. The number of nitrogens with zero attached hydrogens (tertiary/aromatic N) is 3. The number of anilines is 2. The van der Waals surface area contributed by atoms with Crippen LogP contribution in [-0.2, 0) is 17.9 Å². The highest BCUT2D eigenvalue weighted by Crippen LogP contribution is 2.29. The average molecular weight is 341 g/mol. The highest BCUT2D eigenvalue weighted by molar-refractivity contribution is 6.35. The second-order valence-corrected chi connectivity index (χ2v) is 6.34. The van der Waals surface area contributed by atoms with Gasteiger partial charge in [-0.1, -0.05) is 17.7 Å². The van der Waals surface area contributed by atoms with Crippen molar-refractivity contribution in [2.24, 2.45) is 0 Å². The predicted molar refractivity (Wildman–Crippen MR) is 96.5 cm³/mol. The van der Waals surface area contributed by atoms with Gasteiger partial charge in [-0.25, -0.2) is 4.98 Å². The lowest BCUT2D eigenvalue weighted by atomic mass is 10.2. The molecule has 0 spiro atoms. The number of hydrogen-bond acceptors (Lipinski definition) is 3. The average Bonchev–Trinajstić information content (AvgIpc) is 2.94. The third-order valence-electron chi connectivity index (χ3n) is 4.28. The van der Waals surface area contributed by atoms with Crippen molar-refractivity contribution in [1.29, 1.82) is 0 Å². The van der Waals surface area contributed by atoms with Crippen molar-refractivity contribution in [3.05, 3.63) is 53.3 Å². The molecule has 3 aromatic rings. The molecule has 1 aliphatic rings. The Balaban J connectivity index is 1.61. The van der Waals surface area contributed by atoms with E-state index < -0.39 is 0 Å². The molecule has 1 N–H and O–H groups in total. The van der Waals surface area contributed by atoms with Crippen LogP contribution in [0.3, 0.4) is 0 Å². The summed E-state index contributed by atoms with van der Waals surface area (Å²) in [4.78, 5) is 18.1. The zero-order chi connectivity index (χ0) is 16.7. The molecular weight excluding hydrogens is 324 g/mol. The first kappa shape index (κ1) is 15.0. The van der Waals surface area contributed by atoms with Crippen molar-refractivity contribution in [1.82, 2.24) is 9.55 Å². The zero-order valence-electron chi connectivity index (χ0n) is 13.3. The number of fused-ring (bicyclic) bond motifs is 3. The van der Waals surface area contributed by atoms with Crippen molar-refractivity contribution in [2.75, 3.05) is 16.8 Å². The van der Waals surface area contributed by atoms with Crippen molar-refractivity contribution in [3.8, 4) is 0 Å². The number of rotatable bonds is 2. The molecule has 0 fully saturated rings. The molecule has 0 aliphatic carbocycles. The lowest BCUT2D eigenvalue weighted by molar-refractivity contribution is -0.114. The number of amides is 1. The maximum atomic E-state index is 11.1. The second kappa shape index (κ2) is 5.83. The molecule has 0 unspecified atom stereocenters. The Kier molecular flexibility index (Phi) is 3.65. The fourth-order valence-corrected chi connectivity index (χ4v) is 3.47. The molecule has 122 valence electrons. The Hall–Kier alpha value is -2.53. The van der Waals surface area contributed by atoms with Gasteiger partial charge in [0.15, 0.2) is 0 Å². The summed E-state index contributed by atoms with van der Waals surface area (Å²) in [5, 5.41) is 3.54. The zero-order valence-corrected chi connectivity index (χ0v) is 14.0. The van der Waals surface area contributed by atoms with Crippen molar-refractivity contribution in [2.45, 2.75) is 20.0 Å². The number of para-hydroxylation sites is 1. The predicted octanol–water partition coefficient (Wildman–Crippen LogP) is 3.67. The summed E-state index contributed by atoms with van der Waals surface area (Å²) in [6, 6.07) is 13.7. The van der Waals surface area contributed by atoms with Crippen molar-refractivity contribution >= 4 is 39.9 Å². The number of hydrogen-bond donors (Lipinski definition) is 1. The van der Waals surface area contributed by atoms with E-state index in [2.05, 4.69) is 14.8 Å². The molecule has 0 saturated carbocycles. The van der Waals surface area contributed by atoms with Crippen LogP contribution in [0.15, 0.2) is 42.5 Å². The van der Waals surface area contributed by atoms with Gasteiger partial charge in [0.1, 0.15) is 5.82 Å². The monoisotopic (exact) mass is 340 g/mol. The van der Waals surface area contributed by atoms with Crippen LogP contribution in [0.2, 0.25) is 5.02 Å². The first-order chi connectivity index (χ1) is 11.6. The quantitative estimate of drug-likeness (QED) is 0.774. The van der Waals surface area contributed by atoms with Gasteiger partial charge in [0.05, 0.1) is 22.6 Å². The van der Waals surface area contributed by atoms with Gasteiger partial charge in [-0.2, -0.15) is 0 Å². The van der Waals surface area contributed by atoms with Gasteiger partial charge < -0.3 is 14.8 Å². The number of imidazole rings is 1. The highest BCUT2D eigenvalue weighted by Gasteiger charge is 2.21. The van der Waals surface area contributed by atoms with Crippen LogP contribution < -0.4 is 10.2 Å². The standard InChI is InChI=1S/C18H17ClN4O/c1-12(24)20-13-5-7-14(8-6-13)22-9-10-23-17(11-22)21-16-4-2-3-15(19)18(16)23/h2-8H,9-11H2,1H3,(H,20,24). The minimum atomic E-state index is -0.0636. The SMILES string of the molecule is CC(=O)Nc1ccc(N2CCn3c(nc4cccc(Cl)c43)C2)cc1. The molecule has 1 amide bonds. The van der Waals surface area contributed by atoms with Gasteiger partial charge in [0.2, 0.25) is 5.91 Å². The molecule has 0 radical (unpaired) electrons. The van der Waals surface area contributed by atoms with E-state index in [1.807, 2.05) is 42.5 Å². The van der Waals surface area contributed by atoms with Gasteiger partial charge in [-0.15, -0.1) is 0 Å².